The number of esters is 10. The molecule has 0 aromatic heterocycles. The van der Waals surface area contributed by atoms with Crippen molar-refractivity contribution >= 4 is 77.5 Å². The van der Waals surface area contributed by atoms with Gasteiger partial charge in [-0.05, 0) is 208 Å². The Bertz CT molecular complexity index is 2800. The number of amides is 2. The van der Waals surface area contributed by atoms with E-state index in [1.54, 1.807) is 208 Å². The molecule has 0 fully saturated rings. The molecular formula is C73H130N8O24. The molecular weight excluding hydrogens is 1370 g/mol. The van der Waals surface area contributed by atoms with Crippen molar-refractivity contribution in [1.29, 1.82) is 0 Å². The smallest absolute Gasteiger partial charge is 0.328 e. The lowest BCUT2D eigenvalue weighted by atomic mass is 10.1. The van der Waals surface area contributed by atoms with Gasteiger partial charge in [0, 0.05) is 45.8 Å². The molecule has 0 saturated carbocycles. The number of hydrogen-bond acceptors (Lipinski definition) is 29. The summed E-state index contributed by atoms with van der Waals surface area (Å²) in [5.74, 6) is -12.6. The molecule has 3 N–H and O–H groups in total. The Morgan fingerprint density at radius 3 is 0.629 bits per heavy atom. The zero-order valence-corrected chi connectivity index (χ0v) is 68.8. The van der Waals surface area contributed by atoms with Crippen LogP contribution in [0.2, 0.25) is 0 Å². The summed E-state index contributed by atoms with van der Waals surface area (Å²) in [6.07, 6.45) is 0. The largest absolute Gasteiger partial charge is 0.480 e. The minimum Gasteiger partial charge on any atom is -0.480 e. The van der Waals surface area contributed by atoms with Crippen molar-refractivity contribution in [2.45, 2.75) is 282 Å². The van der Waals surface area contributed by atoms with Gasteiger partial charge in [-0.1, -0.05) is 0 Å². The van der Waals surface area contributed by atoms with Gasteiger partial charge in [-0.2, -0.15) is 0 Å². The lowest BCUT2D eigenvalue weighted by Gasteiger charge is -2.36. The first-order chi connectivity index (χ1) is 46.9. The van der Waals surface area contributed by atoms with Gasteiger partial charge in [0.2, 0.25) is 11.8 Å². The molecule has 0 aromatic carbocycles. The van der Waals surface area contributed by atoms with Gasteiger partial charge in [-0.25, -0.2) is 4.79 Å². The summed E-state index contributed by atoms with van der Waals surface area (Å²) in [7, 11) is 0. The van der Waals surface area contributed by atoms with E-state index in [0.717, 1.165) is 9.80 Å². The molecule has 0 spiro atoms. The molecule has 32 nitrogen and oxygen atoms in total. The van der Waals surface area contributed by atoms with E-state index in [2.05, 4.69) is 10.6 Å². The monoisotopic (exact) mass is 1500 g/mol. The minimum absolute atomic E-state index is 0.216. The third kappa shape index (κ3) is 51.7. The summed E-state index contributed by atoms with van der Waals surface area (Å²) < 4.78 is 56.6. The molecule has 2 amide bonds. The Labute approximate surface area is 623 Å². The van der Waals surface area contributed by atoms with Crippen LogP contribution in [-0.2, 0) is 110 Å². The molecule has 3 atom stereocenters. The van der Waals surface area contributed by atoms with Crippen LogP contribution in [0.25, 0.3) is 0 Å². The zero-order valence-electron chi connectivity index (χ0n) is 68.8. The van der Waals surface area contributed by atoms with E-state index in [1.165, 1.54) is 19.6 Å². The highest BCUT2D eigenvalue weighted by Gasteiger charge is 2.40. The van der Waals surface area contributed by atoms with Crippen LogP contribution < -0.4 is 10.6 Å². The van der Waals surface area contributed by atoms with Crippen LogP contribution in [0.3, 0.4) is 0 Å². The lowest BCUT2D eigenvalue weighted by Crippen LogP contribution is -2.61. The predicted molar refractivity (Wildman–Crippen MR) is 388 cm³/mol. The molecule has 0 aliphatic carbocycles. The molecule has 0 bridgehead atoms. The molecule has 0 aromatic rings. The van der Waals surface area contributed by atoms with Gasteiger partial charge in [0.15, 0.2) is 0 Å². The Morgan fingerprint density at radius 2 is 0.438 bits per heavy atom. The van der Waals surface area contributed by atoms with Gasteiger partial charge < -0.3 is 63.1 Å². The summed E-state index contributed by atoms with van der Waals surface area (Å²) in [5, 5.41) is 16.1. The summed E-state index contributed by atoms with van der Waals surface area (Å²) in [6.45, 7) is 38.5. The molecule has 0 saturated heterocycles. The Morgan fingerprint density at radius 1 is 0.267 bits per heavy atom. The molecule has 0 heterocycles. The maximum atomic E-state index is 15.5. The van der Waals surface area contributed by atoms with Crippen molar-refractivity contribution in [3.8, 4) is 0 Å². The quantitative estimate of drug-likeness (QED) is 0.0560. The SMILES string of the molecule is CC(C)(C)OC(=O)CN(CCN(CC(=O)OC(C)(C)C)CC(C(=O)NC[C@@H](NC(=O)C(CN(CCN(CC(=O)OC(C)(C)C)CC(=O)OC(C)(C)C)CC(=O)OC(C)(C)C)N(CC(=O)OC(C)(C)C)CC(=O)OC(C)(C)C)C(=O)O)N(CC(=O)OC(C)(C)C)CC(=O)OC(C)(C)C)CC(=O)OC(C)(C)C. The van der Waals surface area contributed by atoms with Crippen molar-refractivity contribution in [3.05, 3.63) is 0 Å². The average molecular weight is 1500 g/mol. The Hall–Kier alpha value is -7.13. The average Bonchev–Trinajstić information content (AvgIpc) is 0.839. The van der Waals surface area contributed by atoms with Crippen LogP contribution in [0.5, 0.6) is 0 Å². The second-order valence-electron chi connectivity index (χ2n) is 35.7. The fourth-order valence-electron chi connectivity index (χ4n) is 9.52. The van der Waals surface area contributed by atoms with Crippen LogP contribution in [0.15, 0.2) is 0 Å². The normalized spacial score (nSPS) is 13.9. The van der Waals surface area contributed by atoms with Crippen LogP contribution >= 0.6 is 0 Å². The zero-order chi connectivity index (χ0) is 82.2. The first-order valence-corrected chi connectivity index (χ1v) is 35.3. The molecule has 606 valence electrons. The summed E-state index contributed by atoms with van der Waals surface area (Å²) in [5.41, 5.74) is -10.5. The number of aliphatic carboxylic acids is 1. The topological polar surface area (TPSA) is 378 Å². The third-order valence-electron chi connectivity index (χ3n) is 12.6. The van der Waals surface area contributed by atoms with Crippen LogP contribution in [0.4, 0.5) is 0 Å². The number of hydrogen-bond donors (Lipinski definition) is 3. The second-order valence-corrected chi connectivity index (χ2v) is 35.7. The number of rotatable bonds is 38. The summed E-state index contributed by atoms with van der Waals surface area (Å²) in [6, 6.07) is -5.77. The molecule has 2 unspecified atom stereocenters. The van der Waals surface area contributed by atoms with Crippen LogP contribution in [0.1, 0.15) is 208 Å². The van der Waals surface area contributed by atoms with Crippen LogP contribution in [-0.4, -0.2) is 297 Å². The maximum absolute atomic E-state index is 15.5. The molecule has 0 aliphatic rings. The summed E-state index contributed by atoms with van der Waals surface area (Å²) >= 11 is 0. The van der Waals surface area contributed by atoms with E-state index in [-0.39, 0.29) is 26.2 Å². The minimum atomic E-state index is -2.13. The number of carboxylic acid groups (broad SMARTS) is 1. The van der Waals surface area contributed by atoms with Crippen molar-refractivity contribution in [2.24, 2.45) is 0 Å². The highest BCUT2D eigenvalue weighted by atomic mass is 16.6. The lowest BCUT2D eigenvalue weighted by molar-refractivity contribution is -0.165. The number of carbonyl (C=O) groups excluding carboxylic acids is 12. The molecule has 105 heavy (non-hydrogen) atoms. The van der Waals surface area contributed by atoms with E-state index in [9.17, 15) is 57.8 Å². The number of carboxylic acids is 1. The van der Waals surface area contributed by atoms with E-state index in [4.69, 9.17) is 47.4 Å². The van der Waals surface area contributed by atoms with Crippen molar-refractivity contribution in [2.75, 3.05) is 111 Å². The second kappa shape index (κ2) is 40.7. The third-order valence-corrected chi connectivity index (χ3v) is 12.6. The first-order valence-electron chi connectivity index (χ1n) is 35.3. The number of nitrogens with one attached hydrogen (secondary N) is 2. The van der Waals surface area contributed by atoms with Gasteiger partial charge in [-0.3, -0.25) is 86.9 Å². The number of carbonyl (C=O) groups is 13. The van der Waals surface area contributed by atoms with Crippen molar-refractivity contribution < 1.29 is 115 Å². The Balaban J connectivity index is 8.87. The molecule has 0 rings (SSSR count). The Kier molecular flexibility index (Phi) is 38.0. The van der Waals surface area contributed by atoms with Crippen LogP contribution in [0, 0.1) is 0 Å². The predicted octanol–water partition coefficient (Wildman–Crippen LogP) is 4.64. The highest BCUT2D eigenvalue weighted by molar-refractivity contribution is 5.90. The number of ether oxygens (including phenoxy) is 10. The van der Waals surface area contributed by atoms with Gasteiger partial charge in [0.1, 0.15) is 74.1 Å². The fraction of sp³-hybridized carbons (Fsp3) is 0.822. The maximum Gasteiger partial charge on any atom is 0.328 e. The molecule has 0 radical (unpaired) electrons. The van der Waals surface area contributed by atoms with Gasteiger partial charge in [-0.15, -0.1) is 0 Å². The van der Waals surface area contributed by atoms with Crippen molar-refractivity contribution in [1.82, 2.24) is 40.0 Å². The summed E-state index contributed by atoms with van der Waals surface area (Å²) in [4.78, 5) is 190. The fourth-order valence-corrected chi connectivity index (χ4v) is 9.52. The van der Waals surface area contributed by atoms with Crippen molar-refractivity contribution in [3.63, 3.8) is 0 Å². The van der Waals surface area contributed by atoms with E-state index >= 15 is 9.59 Å². The number of nitrogens with zero attached hydrogens (tertiary/aromatic N) is 6. The molecule has 0 aliphatic heterocycles. The standard InChI is InChI=1S/C73H130N8O24/c1-64(2,3)96-51(82)38-76(31-33-78(40-53(84)98-66(7,8)9)41-54(85)99-67(10,11)12)36-49(80(44-57(88)102-70(19,20)21)45-58(89)103-71(22,23)24)61(92)74-35-48(63(94)95)75-62(93)50(81(46-59(90)104-72(25,26)27)47-60(91)105-73(28,29)30)37-77(39-52(83)97-65(4,5)6)32-34-79(42-55(86)100-68(13,14)15)43-56(87)101-69(16,17)18/h48-50H,31-47H2,1-30H3,(H,74,92)(H,75,93)(H,94,95)/t48-,49?,50?/m1/s1. The van der Waals surface area contributed by atoms with Gasteiger partial charge in [0.25, 0.3) is 0 Å². The first kappa shape index (κ1) is 97.9. The highest BCUT2D eigenvalue weighted by Crippen LogP contribution is 2.20. The van der Waals surface area contributed by atoms with E-state index < -0.39 is 237 Å². The van der Waals surface area contributed by atoms with Gasteiger partial charge in [0.05, 0.1) is 65.4 Å². The van der Waals surface area contributed by atoms with E-state index in [0.29, 0.717) is 0 Å². The van der Waals surface area contributed by atoms with E-state index in [1.807, 2.05) is 0 Å². The van der Waals surface area contributed by atoms with Gasteiger partial charge >= 0.3 is 65.7 Å². The molecule has 32 heteroatoms.